The number of carbonyl (C=O) groups excluding carboxylic acids is 1. The fourth-order valence-electron chi connectivity index (χ4n) is 2.63. The van der Waals surface area contributed by atoms with Gasteiger partial charge in [0.25, 0.3) is 0 Å². The number of nitrogens with zero attached hydrogens (tertiary/aromatic N) is 3. The van der Waals surface area contributed by atoms with Crippen LogP contribution in [0.5, 0.6) is 0 Å². The Morgan fingerprint density at radius 2 is 1.83 bits per heavy atom. The van der Waals surface area contributed by atoms with Gasteiger partial charge in [-0.15, -0.1) is 0 Å². The number of hydrogen-bond donors (Lipinski definition) is 0. The van der Waals surface area contributed by atoms with Crippen LogP contribution in [0.2, 0.25) is 0 Å². The Hall–Kier alpha value is -1.73. The number of amides is 1. The molecular formula is C15H22F3N3O2. The van der Waals surface area contributed by atoms with Crippen molar-refractivity contribution in [3.63, 3.8) is 0 Å². The van der Waals surface area contributed by atoms with Crippen molar-refractivity contribution < 1.29 is 22.7 Å². The second-order valence-electron chi connectivity index (χ2n) is 6.81. The lowest BCUT2D eigenvalue weighted by atomic mass is 10.1. The number of aryl methyl sites for hydroxylation is 1. The number of halogens is 3. The van der Waals surface area contributed by atoms with Gasteiger partial charge in [-0.2, -0.15) is 18.3 Å². The minimum Gasteiger partial charge on any atom is -0.444 e. The molecule has 1 aromatic rings. The van der Waals surface area contributed by atoms with E-state index in [1.165, 1.54) is 4.90 Å². The Morgan fingerprint density at radius 3 is 2.30 bits per heavy atom. The van der Waals surface area contributed by atoms with Crippen LogP contribution in [0.15, 0.2) is 6.07 Å². The SMILES string of the molecule is Cc1cc(C(F)(F)F)n(C2CCN(C(=O)OC(C)(C)C)CC2)n1. The molecule has 5 nitrogen and oxygen atoms in total. The number of ether oxygens (including phenoxy) is 1. The Morgan fingerprint density at radius 1 is 1.26 bits per heavy atom. The van der Waals surface area contributed by atoms with E-state index in [1.807, 2.05) is 0 Å². The van der Waals surface area contributed by atoms with Gasteiger partial charge in [0.15, 0.2) is 0 Å². The van der Waals surface area contributed by atoms with E-state index in [4.69, 9.17) is 4.74 Å². The van der Waals surface area contributed by atoms with Crippen LogP contribution in [0.3, 0.4) is 0 Å². The van der Waals surface area contributed by atoms with E-state index in [2.05, 4.69) is 5.10 Å². The average molecular weight is 333 g/mol. The van der Waals surface area contributed by atoms with Gasteiger partial charge in [-0.05, 0) is 46.6 Å². The van der Waals surface area contributed by atoms with Gasteiger partial charge >= 0.3 is 12.3 Å². The van der Waals surface area contributed by atoms with Crippen molar-refractivity contribution in [2.24, 2.45) is 0 Å². The van der Waals surface area contributed by atoms with E-state index in [-0.39, 0.29) is 6.04 Å². The number of aromatic nitrogens is 2. The van der Waals surface area contributed by atoms with Crippen molar-refractivity contribution in [2.75, 3.05) is 13.1 Å². The molecule has 2 heterocycles. The monoisotopic (exact) mass is 333 g/mol. The van der Waals surface area contributed by atoms with Crippen LogP contribution in [0.1, 0.15) is 51.0 Å². The molecule has 0 atom stereocenters. The molecule has 23 heavy (non-hydrogen) atoms. The number of likely N-dealkylation sites (tertiary alicyclic amines) is 1. The van der Waals surface area contributed by atoms with E-state index < -0.39 is 23.6 Å². The third-order valence-electron chi connectivity index (χ3n) is 3.61. The summed E-state index contributed by atoms with van der Waals surface area (Å²) >= 11 is 0. The standard InChI is InChI=1S/C15H22F3N3O2/c1-10-9-12(15(16,17)18)21(19-10)11-5-7-20(8-6-11)13(22)23-14(2,3)4/h9,11H,5-8H2,1-4H3. The van der Waals surface area contributed by atoms with Crippen molar-refractivity contribution >= 4 is 6.09 Å². The van der Waals surface area contributed by atoms with E-state index in [1.54, 1.807) is 27.7 Å². The third kappa shape index (κ3) is 4.39. The first-order valence-electron chi connectivity index (χ1n) is 7.58. The molecule has 0 radical (unpaired) electrons. The summed E-state index contributed by atoms with van der Waals surface area (Å²) in [5.74, 6) is 0. The second kappa shape index (κ2) is 6.05. The molecular weight excluding hydrogens is 311 g/mol. The van der Waals surface area contributed by atoms with Crippen LogP contribution in [-0.2, 0) is 10.9 Å². The molecule has 0 spiro atoms. The molecule has 0 bridgehead atoms. The molecule has 1 aliphatic rings. The molecule has 8 heteroatoms. The molecule has 0 saturated carbocycles. The van der Waals surface area contributed by atoms with Crippen LogP contribution in [-0.4, -0.2) is 39.5 Å². The van der Waals surface area contributed by atoms with Gasteiger partial charge in [-0.25, -0.2) is 4.79 Å². The molecule has 0 unspecified atom stereocenters. The highest BCUT2D eigenvalue weighted by Crippen LogP contribution is 2.34. The molecule has 1 amide bonds. The molecule has 1 fully saturated rings. The average Bonchev–Trinajstić information content (AvgIpc) is 2.79. The summed E-state index contributed by atoms with van der Waals surface area (Å²) in [6.45, 7) is 7.59. The summed E-state index contributed by atoms with van der Waals surface area (Å²) in [5, 5.41) is 3.99. The normalized spacial score (nSPS) is 17.4. The van der Waals surface area contributed by atoms with Gasteiger partial charge in [-0.1, -0.05) is 0 Å². The summed E-state index contributed by atoms with van der Waals surface area (Å²) in [4.78, 5) is 13.5. The van der Waals surface area contributed by atoms with E-state index in [0.717, 1.165) is 10.7 Å². The maximum absolute atomic E-state index is 13.1. The highest BCUT2D eigenvalue weighted by atomic mass is 19.4. The molecule has 130 valence electrons. The van der Waals surface area contributed by atoms with Crippen LogP contribution in [0.25, 0.3) is 0 Å². The van der Waals surface area contributed by atoms with Crippen molar-refractivity contribution in [3.8, 4) is 0 Å². The van der Waals surface area contributed by atoms with Gasteiger partial charge in [0.1, 0.15) is 11.3 Å². The predicted octanol–water partition coefficient (Wildman–Crippen LogP) is 3.78. The van der Waals surface area contributed by atoms with Crippen LogP contribution >= 0.6 is 0 Å². The molecule has 1 aromatic heterocycles. The lowest BCUT2D eigenvalue weighted by molar-refractivity contribution is -0.145. The van der Waals surface area contributed by atoms with Crippen molar-refractivity contribution in [1.82, 2.24) is 14.7 Å². The first-order chi connectivity index (χ1) is 10.5. The lowest BCUT2D eigenvalue weighted by Crippen LogP contribution is -2.42. The molecule has 1 aliphatic heterocycles. The summed E-state index contributed by atoms with van der Waals surface area (Å²) < 4.78 is 45.5. The molecule has 1 saturated heterocycles. The lowest BCUT2D eigenvalue weighted by Gasteiger charge is -2.34. The van der Waals surface area contributed by atoms with Crippen LogP contribution < -0.4 is 0 Å². The molecule has 2 rings (SSSR count). The zero-order valence-electron chi connectivity index (χ0n) is 13.8. The predicted molar refractivity (Wildman–Crippen MR) is 78.0 cm³/mol. The second-order valence-corrected chi connectivity index (χ2v) is 6.81. The quantitative estimate of drug-likeness (QED) is 0.786. The summed E-state index contributed by atoms with van der Waals surface area (Å²) in [7, 11) is 0. The van der Waals surface area contributed by atoms with E-state index in [9.17, 15) is 18.0 Å². The smallest absolute Gasteiger partial charge is 0.433 e. The largest absolute Gasteiger partial charge is 0.444 e. The highest BCUT2D eigenvalue weighted by Gasteiger charge is 2.38. The maximum atomic E-state index is 13.1. The van der Waals surface area contributed by atoms with Gasteiger partial charge in [0.05, 0.1) is 11.7 Å². The zero-order valence-corrected chi connectivity index (χ0v) is 13.8. The fraction of sp³-hybridized carbons (Fsp3) is 0.733. The van der Waals surface area contributed by atoms with Gasteiger partial charge in [0, 0.05) is 13.1 Å². The first-order valence-corrected chi connectivity index (χ1v) is 7.58. The Bertz CT molecular complexity index is 568. The van der Waals surface area contributed by atoms with Gasteiger partial charge in [0.2, 0.25) is 0 Å². The molecule has 0 aliphatic carbocycles. The number of rotatable bonds is 1. The summed E-state index contributed by atoms with van der Waals surface area (Å²) in [6, 6.07) is 0.694. The summed E-state index contributed by atoms with van der Waals surface area (Å²) in [6.07, 6.45) is -4.01. The third-order valence-corrected chi connectivity index (χ3v) is 3.61. The van der Waals surface area contributed by atoms with Crippen LogP contribution in [0.4, 0.5) is 18.0 Å². The Balaban J connectivity index is 2.04. The number of alkyl halides is 3. The maximum Gasteiger partial charge on any atom is 0.433 e. The number of carbonyl (C=O) groups is 1. The van der Waals surface area contributed by atoms with Crippen molar-refractivity contribution in [2.45, 2.75) is 58.4 Å². The summed E-state index contributed by atoms with van der Waals surface area (Å²) in [5.41, 5.74) is -0.978. The van der Waals surface area contributed by atoms with Crippen LogP contribution in [0, 0.1) is 6.92 Å². The Kier molecular flexibility index (Phi) is 4.64. The molecule has 0 aromatic carbocycles. The number of piperidine rings is 1. The van der Waals surface area contributed by atoms with E-state index in [0.29, 0.717) is 31.6 Å². The van der Waals surface area contributed by atoms with E-state index >= 15 is 0 Å². The first kappa shape index (κ1) is 17.6. The van der Waals surface area contributed by atoms with Crippen molar-refractivity contribution in [1.29, 1.82) is 0 Å². The van der Waals surface area contributed by atoms with Crippen molar-refractivity contribution in [3.05, 3.63) is 17.5 Å². The number of hydrogen-bond acceptors (Lipinski definition) is 3. The topological polar surface area (TPSA) is 47.4 Å². The molecule has 0 N–H and O–H groups in total. The fourth-order valence-corrected chi connectivity index (χ4v) is 2.63. The minimum absolute atomic E-state index is 0.340. The zero-order chi connectivity index (χ0) is 17.4. The van der Waals surface area contributed by atoms with Gasteiger partial charge in [-0.3, -0.25) is 4.68 Å². The Labute approximate surface area is 133 Å². The van der Waals surface area contributed by atoms with Gasteiger partial charge < -0.3 is 9.64 Å². The highest BCUT2D eigenvalue weighted by molar-refractivity contribution is 5.68. The minimum atomic E-state index is -4.43.